The zero-order valence-electron chi connectivity index (χ0n) is 15.0. The molecule has 0 saturated heterocycles. The lowest BCUT2D eigenvalue weighted by Gasteiger charge is -2.38. The van der Waals surface area contributed by atoms with Gasteiger partial charge in [-0.05, 0) is 20.8 Å². The summed E-state index contributed by atoms with van der Waals surface area (Å²) in [6.45, 7) is 2.23. The maximum absolute atomic E-state index is 12.5. The number of ether oxygens (including phenoxy) is 5. The van der Waals surface area contributed by atoms with E-state index in [1.807, 2.05) is 0 Å². The molecular weight excluding hydrogens is 340 g/mol. The summed E-state index contributed by atoms with van der Waals surface area (Å²) >= 11 is 0. The predicted octanol–water partition coefficient (Wildman–Crippen LogP) is -1.61. The molecule has 0 aromatic heterocycles. The van der Waals surface area contributed by atoms with Crippen LogP contribution in [0.25, 0.3) is 0 Å². The smallest absolute Gasteiger partial charge is 0.344 e. The van der Waals surface area contributed by atoms with Crippen molar-refractivity contribution in [3.63, 3.8) is 0 Å². The highest BCUT2D eigenvalue weighted by Gasteiger charge is 2.50. The van der Waals surface area contributed by atoms with Gasteiger partial charge in [0.1, 0.15) is 5.60 Å². The van der Waals surface area contributed by atoms with Gasteiger partial charge >= 0.3 is 11.9 Å². The number of esters is 1. The standard InChI is InChI=1S/C15H30O10/c1-14(2,3)25-13(20)12(21-8-4-16)15(22-9-5-17,23-10-6-18)24-11-7-19/h12,16-19H,4-11H2,1-3H3. The zero-order valence-corrected chi connectivity index (χ0v) is 15.0. The normalized spacial score (nSPS) is 13.7. The fourth-order valence-electron chi connectivity index (χ4n) is 1.76. The van der Waals surface area contributed by atoms with E-state index in [0.717, 1.165) is 0 Å². The molecule has 10 nitrogen and oxygen atoms in total. The Balaban J connectivity index is 5.66. The average molecular weight is 370 g/mol. The van der Waals surface area contributed by atoms with Gasteiger partial charge in [-0.25, -0.2) is 4.79 Å². The lowest BCUT2D eigenvalue weighted by molar-refractivity contribution is -0.415. The Morgan fingerprint density at radius 2 is 1.20 bits per heavy atom. The molecule has 0 aliphatic rings. The van der Waals surface area contributed by atoms with Gasteiger partial charge in [0, 0.05) is 0 Å². The molecule has 0 spiro atoms. The molecule has 0 aromatic carbocycles. The third-order valence-electron chi connectivity index (χ3n) is 2.50. The van der Waals surface area contributed by atoms with Crippen LogP contribution in [-0.2, 0) is 28.5 Å². The Labute approximate surface area is 147 Å². The summed E-state index contributed by atoms with van der Waals surface area (Å²) in [6.07, 6.45) is -1.59. The first kappa shape index (κ1) is 24.1. The SMILES string of the molecule is CC(C)(C)OC(=O)C(OCCO)C(OCCO)(OCCO)OCCO. The second kappa shape index (κ2) is 12.5. The molecule has 0 amide bonds. The molecule has 0 bridgehead atoms. The van der Waals surface area contributed by atoms with Crippen LogP contribution in [0.3, 0.4) is 0 Å². The van der Waals surface area contributed by atoms with Gasteiger partial charge < -0.3 is 44.1 Å². The summed E-state index contributed by atoms with van der Waals surface area (Å²) in [5.41, 5.74) is -0.853. The molecule has 4 N–H and O–H groups in total. The minimum atomic E-state index is -2.17. The fraction of sp³-hybridized carbons (Fsp3) is 0.933. The van der Waals surface area contributed by atoms with Crippen LogP contribution in [0.4, 0.5) is 0 Å². The lowest BCUT2D eigenvalue weighted by atomic mass is 10.2. The van der Waals surface area contributed by atoms with Crippen molar-refractivity contribution in [1.29, 1.82) is 0 Å². The molecule has 0 rings (SSSR count). The van der Waals surface area contributed by atoms with Crippen molar-refractivity contribution in [3.8, 4) is 0 Å². The molecule has 0 heterocycles. The maximum atomic E-state index is 12.5. The first-order valence-electron chi connectivity index (χ1n) is 7.96. The van der Waals surface area contributed by atoms with Gasteiger partial charge in [-0.2, -0.15) is 0 Å². The van der Waals surface area contributed by atoms with E-state index in [2.05, 4.69) is 0 Å². The van der Waals surface area contributed by atoms with Crippen molar-refractivity contribution in [3.05, 3.63) is 0 Å². The topological polar surface area (TPSA) is 144 Å². The second-order valence-electron chi connectivity index (χ2n) is 5.83. The molecule has 0 aromatic rings. The van der Waals surface area contributed by atoms with Crippen LogP contribution in [0.1, 0.15) is 20.8 Å². The van der Waals surface area contributed by atoms with Crippen LogP contribution < -0.4 is 0 Å². The number of carbonyl (C=O) groups excluding carboxylic acids is 1. The quantitative estimate of drug-likeness (QED) is 0.208. The highest BCUT2D eigenvalue weighted by atomic mass is 16.9. The first-order chi connectivity index (χ1) is 11.8. The Hall–Kier alpha value is -0.850. The first-order valence-corrected chi connectivity index (χ1v) is 7.96. The van der Waals surface area contributed by atoms with Gasteiger partial charge in [0.15, 0.2) is 0 Å². The van der Waals surface area contributed by atoms with Gasteiger partial charge in [0.25, 0.3) is 0 Å². The van der Waals surface area contributed by atoms with E-state index in [1.165, 1.54) is 0 Å². The Bertz CT molecular complexity index is 333. The molecule has 1 unspecified atom stereocenters. The molecule has 0 saturated carbocycles. The molecule has 25 heavy (non-hydrogen) atoms. The van der Waals surface area contributed by atoms with E-state index in [1.54, 1.807) is 20.8 Å². The largest absolute Gasteiger partial charge is 0.458 e. The molecule has 10 heteroatoms. The van der Waals surface area contributed by atoms with Gasteiger partial charge in [0.2, 0.25) is 6.10 Å². The predicted molar refractivity (Wildman–Crippen MR) is 84.5 cm³/mol. The van der Waals surface area contributed by atoms with E-state index < -0.39 is 50.1 Å². The van der Waals surface area contributed by atoms with Gasteiger partial charge in [0.05, 0.1) is 52.9 Å². The molecule has 0 radical (unpaired) electrons. The lowest BCUT2D eigenvalue weighted by Crippen LogP contribution is -2.57. The van der Waals surface area contributed by atoms with Crippen LogP contribution in [0.5, 0.6) is 0 Å². The number of hydrogen-bond donors (Lipinski definition) is 4. The Morgan fingerprint density at radius 1 is 0.800 bits per heavy atom. The van der Waals surface area contributed by atoms with E-state index in [0.29, 0.717) is 0 Å². The maximum Gasteiger partial charge on any atom is 0.344 e. The summed E-state index contributed by atoms with van der Waals surface area (Å²) in [5.74, 6) is -3.07. The number of hydrogen-bond acceptors (Lipinski definition) is 10. The van der Waals surface area contributed by atoms with Crippen molar-refractivity contribution < 1.29 is 48.9 Å². The van der Waals surface area contributed by atoms with E-state index in [4.69, 9.17) is 44.1 Å². The molecular formula is C15H30O10. The molecule has 0 aliphatic carbocycles. The van der Waals surface area contributed by atoms with E-state index in [9.17, 15) is 4.79 Å². The van der Waals surface area contributed by atoms with Crippen LogP contribution >= 0.6 is 0 Å². The summed E-state index contributed by atoms with van der Waals surface area (Å²) < 4.78 is 26.6. The van der Waals surface area contributed by atoms with Crippen LogP contribution in [0, 0.1) is 0 Å². The van der Waals surface area contributed by atoms with Crippen LogP contribution in [0.2, 0.25) is 0 Å². The minimum Gasteiger partial charge on any atom is -0.458 e. The van der Waals surface area contributed by atoms with Gasteiger partial charge in [-0.3, -0.25) is 0 Å². The second-order valence-corrected chi connectivity index (χ2v) is 5.83. The number of aliphatic hydroxyl groups excluding tert-OH is 4. The zero-order chi connectivity index (χ0) is 19.3. The van der Waals surface area contributed by atoms with E-state index in [-0.39, 0.29) is 26.4 Å². The fourth-order valence-corrected chi connectivity index (χ4v) is 1.76. The van der Waals surface area contributed by atoms with Crippen molar-refractivity contribution >= 4 is 5.97 Å². The number of aliphatic hydroxyl groups is 4. The van der Waals surface area contributed by atoms with Crippen molar-refractivity contribution in [1.82, 2.24) is 0 Å². The van der Waals surface area contributed by atoms with E-state index >= 15 is 0 Å². The highest BCUT2D eigenvalue weighted by Crippen LogP contribution is 2.26. The molecule has 0 fully saturated rings. The Kier molecular flexibility index (Phi) is 12.1. The average Bonchev–Trinajstić information content (AvgIpc) is 2.54. The molecule has 0 aliphatic heterocycles. The van der Waals surface area contributed by atoms with Crippen molar-refractivity contribution in [2.45, 2.75) is 38.4 Å². The Morgan fingerprint density at radius 3 is 1.52 bits per heavy atom. The van der Waals surface area contributed by atoms with Gasteiger partial charge in [-0.1, -0.05) is 0 Å². The number of carbonyl (C=O) groups is 1. The van der Waals surface area contributed by atoms with Crippen LogP contribution in [-0.4, -0.2) is 96.9 Å². The number of rotatable bonds is 14. The van der Waals surface area contributed by atoms with Crippen molar-refractivity contribution in [2.75, 3.05) is 52.9 Å². The monoisotopic (exact) mass is 370 g/mol. The third-order valence-corrected chi connectivity index (χ3v) is 2.50. The summed E-state index contributed by atoms with van der Waals surface area (Å²) in [5, 5.41) is 36.1. The molecule has 150 valence electrons. The van der Waals surface area contributed by atoms with Gasteiger partial charge in [-0.15, -0.1) is 0 Å². The third kappa shape index (κ3) is 9.42. The van der Waals surface area contributed by atoms with Crippen molar-refractivity contribution in [2.24, 2.45) is 0 Å². The summed E-state index contributed by atoms with van der Waals surface area (Å²) in [6, 6.07) is 0. The van der Waals surface area contributed by atoms with Crippen LogP contribution in [0.15, 0.2) is 0 Å². The minimum absolute atomic E-state index is 0.251. The summed E-state index contributed by atoms with van der Waals surface area (Å²) in [7, 11) is 0. The molecule has 1 atom stereocenters. The summed E-state index contributed by atoms with van der Waals surface area (Å²) in [4.78, 5) is 12.5. The highest BCUT2D eigenvalue weighted by molar-refractivity contribution is 5.76.